The molecule has 1 aromatic rings. The van der Waals surface area contributed by atoms with E-state index in [2.05, 4.69) is 16.7 Å². The van der Waals surface area contributed by atoms with Crippen molar-refractivity contribution in [3.05, 3.63) is 29.8 Å². The summed E-state index contributed by atoms with van der Waals surface area (Å²) in [5.41, 5.74) is 4.55. The van der Waals surface area contributed by atoms with E-state index in [0.29, 0.717) is 0 Å². The number of phenols is 1. The summed E-state index contributed by atoms with van der Waals surface area (Å²) in [6.45, 7) is 4.97. The van der Waals surface area contributed by atoms with Crippen molar-refractivity contribution in [1.29, 1.82) is 0 Å². The van der Waals surface area contributed by atoms with E-state index in [-0.39, 0.29) is 30.2 Å². The number of carbonyl (C=O) groups excluding carboxylic acids is 4. The maximum atomic E-state index is 13.6. The van der Waals surface area contributed by atoms with Crippen LogP contribution in [0.2, 0.25) is 0 Å². The molecule has 2 atom stereocenters. The summed E-state index contributed by atoms with van der Waals surface area (Å²) in [6.07, 6.45) is 9.06. The van der Waals surface area contributed by atoms with Gasteiger partial charge in [0.2, 0.25) is 11.8 Å². The van der Waals surface area contributed by atoms with Gasteiger partial charge in [-0.25, -0.2) is 4.79 Å². The van der Waals surface area contributed by atoms with Crippen molar-refractivity contribution in [3.8, 4) is 18.2 Å². The second-order valence-corrected chi connectivity index (χ2v) is 9.85. The zero-order chi connectivity index (χ0) is 26.9. The number of carbonyl (C=O) groups is 4. The summed E-state index contributed by atoms with van der Waals surface area (Å²) >= 11 is 0. The lowest BCUT2D eigenvalue weighted by atomic mass is 9.94. The van der Waals surface area contributed by atoms with E-state index in [1.807, 2.05) is 0 Å². The molecule has 0 aliphatic heterocycles. The largest absolute Gasteiger partial charge is 0.508 e. The maximum absolute atomic E-state index is 13.6. The van der Waals surface area contributed by atoms with E-state index >= 15 is 0 Å². The summed E-state index contributed by atoms with van der Waals surface area (Å²) in [5.74, 6) is -2.28. The zero-order valence-corrected chi connectivity index (χ0v) is 21.1. The fourth-order valence-corrected chi connectivity index (χ4v) is 4.07. The molecular formula is C26H36N4O6. The molecule has 1 aromatic carbocycles. The van der Waals surface area contributed by atoms with E-state index in [9.17, 15) is 24.3 Å². The Bertz CT molecular complexity index is 991. The number of primary amides is 1. The third kappa shape index (κ3) is 8.48. The quantitative estimate of drug-likeness (QED) is 0.302. The highest BCUT2D eigenvalue weighted by Crippen LogP contribution is 2.30. The molecule has 10 heteroatoms. The second-order valence-electron chi connectivity index (χ2n) is 9.85. The normalized spacial score (nSPS) is 15.6. The average Bonchev–Trinajstić information content (AvgIpc) is 2.79. The topological polar surface area (TPSA) is 151 Å². The lowest BCUT2D eigenvalue weighted by molar-refractivity contribution is -0.139. The van der Waals surface area contributed by atoms with Crippen molar-refractivity contribution in [1.82, 2.24) is 15.5 Å². The number of nitrogens with zero attached hydrogens (tertiary/aromatic N) is 1. The number of hydrogen-bond acceptors (Lipinski definition) is 6. The minimum absolute atomic E-state index is 0.0834. The van der Waals surface area contributed by atoms with Crippen LogP contribution in [0, 0.1) is 12.5 Å². The summed E-state index contributed by atoms with van der Waals surface area (Å²) in [7, 11) is 0. The Kier molecular flexibility index (Phi) is 10.1. The number of terminal acetylenes is 1. The maximum Gasteiger partial charge on any atom is 0.408 e. The van der Waals surface area contributed by atoms with E-state index in [1.165, 1.54) is 12.1 Å². The van der Waals surface area contributed by atoms with E-state index in [4.69, 9.17) is 16.9 Å². The van der Waals surface area contributed by atoms with Crippen LogP contribution < -0.4 is 16.4 Å². The summed E-state index contributed by atoms with van der Waals surface area (Å²) in [5, 5.41) is 15.9. The van der Waals surface area contributed by atoms with Gasteiger partial charge in [0.15, 0.2) is 6.04 Å². The molecule has 5 N–H and O–H groups in total. The summed E-state index contributed by atoms with van der Waals surface area (Å²) in [4.78, 5) is 51.8. The molecular weight excluding hydrogens is 464 g/mol. The van der Waals surface area contributed by atoms with Gasteiger partial charge in [0.1, 0.15) is 17.4 Å². The Labute approximate surface area is 211 Å². The van der Waals surface area contributed by atoms with Gasteiger partial charge < -0.3 is 26.2 Å². The number of para-hydroxylation sites is 1. The van der Waals surface area contributed by atoms with Crippen molar-refractivity contribution in [2.24, 2.45) is 5.73 Å². The van der Waals surface area contributed by atoms with Gasteiger partial charge >= 0.3 is 6.09 Å². The highest BCUT2D eigenvalue weighted by atomic mass is 16.6. The van der Waals surface area contributed by atoms with Crippen molar-refractivity contribution < 1.29 is 29.0 Å². The smallest absolute Gasteiger partial charge is 0.408 e. The van der Waals surface area contributed by atoms with Crippen LogP contribution in [0.4, 0.5) is 4.79 Å². The van der Waals surface area contributed by atoms with Crippen LogP contribution in [0.5, 0.6) is 5.75 Å². The number of aromatic hydroxyl groups is 1. The number of benzene rings is 1. The summed E-state index contributed by atoms with van der Waals surface area (Å²) < 4.78 is 5.24. The number of ether oxygens (including phenoxy) is 1. The number of nitrogens with one attached hydrogen (secondary N) is 2. The molecule has 36 heavy (non-hydrogen) atoms. The summed E-state index contributed by atoms with van der Waals surface area (Å²) in [6, 6.07) is 5.55. The fraction of sp³-hybridized carbons (Fsp3) is 0.538. The Morgan fingerprint density at radius 2 is 1.83 bits per heavy atom. The van der Waals surface area contributed by atoms with Crippen molar-refractivity contribution in [2.45, 2.75) is 89.4 Å². The van der Waals surface area contributed by atoms with Crippen molar-refractivity contribution in [2.75, 3.05) is 0 Å². The standard InChI is InChI=1S/C26H36N4O6/c1-5-30(24(34)19(15-16-21(27)32)29-25(35)36-26(2,3)4)22(18-13-9-10-14-20(18)31)23(33)28-17-11-7-6-8-12-17/h1,9-10,13-14,17,19,22,31H,6-8,11-12,15-16H2,2-4H3,(H2,27,32)(H,28,33)(H,29,35). The van der Waals surface area contributed by atoms with Crippen molar-refractivity contribution >= 4 is 23.8 Å². The minimum Gasteiger partial charge on any atom is -0.508 e. The van der Waals surface area contributed by atoms with E-state index < -0.39 is 41.5 Å². The number of rotatable bonds is 9. The molecule has 1 fully saturated rings. The lowest BCUT2D eigenvalue weighted by Gasteiger charge is -2.32. The molecule has 1 saturated carbocycles. The van der Waals surface area contributed by atoms with Gasteiger partial charge in [-0.3, -0.25) is 19.3 Å². The Hall–Kier alpha value is -3.74. The first kappa shape index (κ1) is 28.5. The predicted molar refractivity (Wildman–Crippen MR) is 133 cm³/mol. The lowest BCUT2D eigenvalue weighted by Crippen LogP contribution is -2.52. The Morgan fingerprint density at radius 3 is 2.39 bits per heavy atom. The van der Waals surface area contributed by atoms with Gasteiger partial charge in [-0.15, -0.1) is 0 Å². The van der Waals surface area contributed by atoms with Crippen LogP contribution >= 0.6 is 0 Å². The van der Waals surface area contributed by atoms with Gasteiger partial charge in [-0.2, -0.15) is 0 Å². The van der Waals surface area contributed by atoms with Gasteiger partial charge in [0.25, 0.3) is 5.91 Å². The molecule has 0 saturated heterocycles. The van der Waals surface area contributed by atoms with Gasteiger partial charge in [-0.05, 0) is 46.1 Å². The Morgan fingerprint density at radius 1 is 1.19 bits per heavy atom. The van der Waals surface area contributed by atoms with Gasteiger partial charge in [0.05, 0.1) is 0 Å². The molecule has 2 rings (SSSR count). The molecule has 2 unspecified atom stereocenters. The third-order valence-corrected chi connectivity index (χ3v) is 5.73. The monoisotopic (exact) mass is 500 g/mol. The molecule has 196 valence electrons. The molecule has 0 bridgehead atoms. The van der Waals surface area contributed by atoms with Crippen LogP contribution in [0.15, 0.2) is 24.3 Å². The number of hydrogen-bond donors (Lipinski definition) is 4. The molecule has 0 radical (unpaired) electrons. The minimum atomic E-state index is -1.37. The fourth-order valence-electron chi connectivity index (χ4n) is 4.07. The first-order chi connectivity index (χ1) is 16.9. The molecule has 0 spiro atoms. The van der Waals surface area contributed by atoms with Crippen LogP contribution in [0.3, 0.4) is 0 Å². The molecule has 1 aliphatic carbocycles. The zero-order valence-electron chi connectivity index (χ0n) is 21.1. The van der Waals surface area contributed by atoms with E-state index in [0.717, 1.165) is 37.0 Å². The number of nitrogens with two attached hydrogens (primary N) is 1. The van der Waals surface area contributed by atoms with Gasteiger partial charge in [-0.1, -0.05) is 43.9 Å². The molecule has 1 aliphatic rings. The predicted octanol–water partition coefficient (Wildman–Crippen LogP) is 2.46. The first-order valence-corrected chi connectivity index (χ1v) is 12.1. The average molecular weight is 501 g/mol. The van der Waals surface area contributed by atoms with Crippen LogP contribution in [-0.2, 0) is 19.1 Å². The van der Waals surface area contributed by atoms with Crippen LogP contribution in [0.1, 0.15) is 77.3 Å². The second kappa shape index (κ2) is 12.8. The molecule has 10 nitrogen and oxygen atoms in total. The molecule has 4 amide bonds. The number of amides is 4. The SMILES string of the molecule is C#CN(C(=O)C(CCC(N)=O)NC(=O)OC(C)(C)C)C(C(=O)NC1CCCCC1)c1ccccc1O. The van der Waals surface area contributed by atoms with E-state index in [1.54, 1.807) is 32.9 Å². The highest BCUT2D eigenvalue weighted by Gasteiger charge is 2.37. The number of alkyl carbamates (subject to hydrolysis) is 1. The Balaban J connectivity index is 2.40. The van der Waals surface area contributed by atoms with Crippen LogP contribution in [0.25, 0.3) is 0 Å². The highest BCUT2D eigenvalue weighted by molar-refractivity contribution is 5.94. The molecule has 0 aromatic heterocycles. The van der Waals surface area contributed by atoms with Gasteiger partial charge in [0, 0.05) is 24.1 Å². The third-order valence-electron chi connectivity index (χ3n) is 5.73. The first-order valence-electron chi connectivity index (χ1n) is 12.1. The van der Waals surface area contributed by atoms with Crippen LogP contribution in [-0.4, -0.2) is 51.5 Å². The van der Waals surface area contributed by atoms with Crippen molar-refractivity contribution in [3.63, 3.8) is 0 Å². The molecule has 0 heterocycles. The number of phenolic OH excluding ortho intramolecular Hbond substituents is 1.